The molecule has 1 aliphatic heterocycles. The minimum absolute atomic E-state index is 0.0538. The van der Waals surface area contributed by atoms with Gasteiger partial charge in [-0.2, -0.15) is 5.10 Å². The third-order valence-electron chi connectivity index (χ3n) is 6.11. The van der Waals surface area contributed by atoms with Gasteiger partial charge in [-0.3, -0.25) is 19.6 Å². The lowest BCUT2D eigenvalue weighted by molar-refractivity contribution is -0.140. The van der Waals surface area contributed by atoms with E-state index in [1.807, 2.05) is 6.07 Å². The Morgan fingerprint density at radius 2 is 2.13 bits per heavy atom. The highest BCUT2D eigenvalue weighted by molar-refractivity contribution is 6.29. The summed E-state index contributed by atoms with van der Waals surface area (Å²) in [6.45, 7) is -0.149. The van der Waals surface area contributed by atoms with Gasteiger partial charge in [0, 0.05) is 5.39 Å². The zero-order valence-corrected chi connectivity index (χ0v) is 17.6. The van der Waals surface area contributed by atoms with Crippen molar-refractivity contribution < 1.29 is 19.1 Å². The molecule has 1 amide bonds. The van der Waals surface area contributed by atoms with Crippen molar-refractivity contribution in [2.75, 3.05) is 18.6 Å². The van der Waals surface area contributed by atoms with Gasteiger partial charge in [0.25, 0.3) is 0 Å². The molecule has 2 aliphatic rings. The molecule has 0 saturated heterocycles. The Hall–Kier alpha value is -3.20. The number of hydrogen-bond donors (Lipinski definition) is 1. The number of amides is 1. The van der Waals surface area contributed by atoms with Crippen LogP contribution in [0.2, 0.25) is 5.15 Å². The number of hydrogen-bond acceptors (Lipinski definition) is 7. The molecule has 5 rings (SSSR count). The molecular formula is C21H20ClN5O4. The number of carbonyl (C=O) groups is 2. The number of nitrogens with one attached hydrogen (secondary N) is 1. The van der Waals surface area contributed by atoms with Gasteiger partial charge in [-0.1, -0.05) is 11.6 Å². The van der Waals surface area contributed by atoms with Gasteiger partial charge in [0.15, 0.2) is 5.65 Å². The van der Waals surface area contributed by atoms with E-state index in [0.29, 0.717) is 53.6 Å². The highest BCUT2D eigenvalue weighted by Crippen LogP contribution is 2.50. The van der Waals surface area contributed by atoms with Gasteiger partial charge in [-0.25, -0.2) is 9.97 Å². The quantitative estimate of drug-likeness (QED) is 0.489. The number of methoxy groups -OCH3 is 1. The van der Waals surface area contributed by atoms with E-state index in [4.69, 9.17) is 21.1 Å². The van der Waals surface area contributed by atoms with Crippen molar-refractivity contribution in [3.8, 4) is 5.75 Å². The first-order chi connectivity index (χ1) is 15.0. The van der Waals surface area contributed by atoms with Crippen LogP contribution in [-0.4, -0.2) is 51.8 Å². The lowest BCUT2D eigenvalue weighted by Gasteiger charge is -2.35. The number of rotatable bonds is 4. The smallest absolute Gasteiger partial charge is 0.325 e. The van der Waals surface area contributed by atoms with E-state index in [9.17, 15) is 9.59 Å². The highest BCUT2D eigenvalue weighted by atomic mass is 35.5. The molecule has 10 heteroatoms. The standard InChI is InChI=1S/C21H20ClN5O4/c1-30-17(28)11-27-15-2-3-16(22)25-18(15)21(20(27)29)6-4-13(5-7-21)31-14-8-12-9-24-26-19(12)23-10-14/h2-3,8-10,13H,4-7,11H2,1H3,(H,23,24,26). The number of nitrogens with zero attached hydrogens (tertiary/aromatic N) is 4. The van der Waals surface area contributed by atoms with Gasteiger partial charge in [-0.15, -0.1) is 0 Å². The van der Waals surface area contributed by atoms with Crippen molar-refractivity contribution in [3.05, 3.63) is 41.4 Å². The number of aromatic nitrogens is 4. The van der Waals surface area contributed by atoms with E-state index in [-0.39, 0.29) is 18.6 Å². The first kappa shape index (κ1) is 19.7. The fourth-order valence-electron chi connectivity index (χ4n) is 4.54. The van der Waals surface area contributed by atoms with E-state index in [1.54, 1.807) is 24.5 Å². The van der Waals surface area contributed by atoms with Crippen molar-refractivity contribution in [2.45, 2.75) is 37.2 Å². The minimum atomic E-state index is -0.805. The van der Waals surface area contributed by atoms with Gasteiger partial charge < -0.3 is 9.47 Å². The summed E-state index contributed by atoms with van der Waals surface area (Å²) in [4.78, 5) is 35.6. The van der Waals surface area contributed by atoms with E-state index in [2.05, 4.69) is 20.2 Å². The first-order valence-electron chi connectivity index (χ1n) is 10.0. The van der Waals surface area contributed by atoms with Crippen LogP contribution in [0.25, 0.3) is 11.0 Å². The number of pyridine rings is 2. The highest BCUT2D eigenvalue weighted by Gasteiger charge is 2.54. The van der Waals surface area contributed by atoms with Gasteiger partial charge in [0.05, 0.1) is 42.4 Å². The summed E-state index contributed by atoms with van der Waals surface area (Å²) in [6.07, 6.45) is 5.74. The van der Waals surface area contributed by atoms with E-state index in [0.717, 1.165) is 5.39 Å². The van der Waals surface area contributed by atoms with Crippen LogP contribution in [-0.2, 0) is 19.7 Å². The number of ether oxygens (including phenoxy) is 2. The maximum atomic E-state index is 13.5. The number of H-pyrrole nitrogens is 1. The summed E-state index contributed by atoms with van der Waals surface area (Å²) < 4.78 is 10.9. The van der Waals surface area contributed by atoms with E-state index >= 15 is 0 Å². The van der Waals surface area contributed by atoms with E-state index < -0.39 is 11.4 Å². The summed E-state index contributed by atoms with van der Waals surface area (Å²) in [6, 6.07) is 5.27. The molecule has 4 heterocycles. The van der Waals surface area contributed by atoms with Crippen LogP contribution in [0, 0.1) is 0 Å². The molecule has 0 aromatic carbocycles. The van der Waals surface area contributed by atoms with Gasteiger partial charge in [0.2, 0.25) is 5.91 Å². The second-order valence-corrected chi connectivity index (χ2v) is 8.23. The zero-order chi connectivity index (χ0) is 21.6. The van der Waals surface area contributed by atoms with Crippen molar-refractivity contribution in [1.29, 1.82) is 0 Å². The Morgan fingerprint density at radius 3 is 2.90 bits per heavy atom. The number of fused-ring (bicyclic) bond motifs is 3. The summed E-state index contributed by atoms with van der Waals surface area (Å²) in [5.74, 6) is 0.0505. The Bertz CT molecular complexity index is 1170. The molecule has 9 nitrogen and oxygen atoms in total. The fourth-order valence-corrected chi connectivity index (χ4v) is 4.69. The van der Waals surface area contributed by atoms with Crippen molar-refractivity contribution >= 4 is 40.2 Å². The van der Waals surface area contributed by atoms with Gasteiger partial charge in [0.1, 0.15) is 17.4 Å². The van der Waals surface area contributed by atoms with Crippen LogP contribution in [0.15, 0.2) is 30.6 Å². The Balaban J connectivity index is 1.37. The lowest BCUT2D eigenvalue weighted by atomic mass is 9.71. The van der Waals surface area contributed by atoms with Crippen LogP contribution in [0.1, 0.15) is 31.4 Å². The fraction of sp³-hybridized carbons (Fsp3) is 0.381. The topological polar surface area (TPSA) is 110 Å². The third-order valence-corrected chi connectivity index (χ3v) is 6.32. The van der Waals surface area contributed by atoms with Crippen molar-refractivity contribution in [1.82, 2.24) is 20.2 Å². The average molecular weight is 442 g/mol. The second-order valence-electron chi connectivity index (χ2n) is 7.85. The molecule has 0 radical (unpaired) electrons. The third kappa shape index (κ3) is 3.29. The number of halogens is 1. The Labute approximate surface area is 182 Å². The first-order valence-corrected chi connectivity index (χ1v) is 10.4. The number of aromatic amines is 1. The SMILES string of the molecule is COC(=O)CN1C(=O)C2(CCC(Oc3cnc4[nH]ncc4c3)CC2)c2nc(Cl)ccc21. The molecule has 1 saturated carbocycles. The molecule has 3 aromatic heterocycles. The molecule has 1 spiro atoms. The van der Waals surface area contributed by atoms with Gasteiger partial charge >= 0.3 is 5.97 Å². The number of esters is 1. The minimum Gasteiger partial charge on any atom is -0.489 e. The molecule has 3 aromatic rings. The summed E-state index contributed by atoms with van der Waals surface area (Å²) in [5.41, 5.74) is 1.15. The molecule has 1 N–H and O–H groups in total. The van der Waals surface area contributed by atoms with E-state index in [1.165, 1.54) is 12.0 Å². The maximum Gasteiger partial charge on any atom is 0.325 e. The molecule has 1 aliphatic carbocycles. The molecule has 0 atom stereocenters. The predicted octanol–water partition coefficient (Wildman–Crippen LogP) is 2.79. The van der Waals surface area contributed by atoms with Crippen molar-refractivity contribution in [3.63, 3.8) is 0 Å². The predicted molar refractivity (Wildman–Crippen MR) is 112 cm³/mol. The lowest BCUT2D eigenvalue weighted by Crippen LogP contribution is -2.46. The number of carbonyl (C=O) groups excluding carboxylic acids is 2. The van der Waals surface area contributed by atoms with Crippen LogP contribution >= 0.6 is 11.6 Å². The zero-order valence-electron chi connectivity index (χ0n) is 16.8. The maximum absolute atomic E-state index is 13.5. The van der Waals surface area contributed by atoms with Crippen molar-refractivity contribution in [2.24, 2.45) is 0 Å². The molecule has 0 bridgehead atoms. The summed E-state index contributed by atoms with van der Waals surface area (Å²) in [5, 5.41) is 7.99. The van der Waals surface area contributed by atoms with Gasteiger partial charge in [-0.05, 0) is 43.9 Å². The molecule has 31 heavy (non-hydrogen) atoms. The average Bonchev–Trinajstić information content (AvgIpc) is 3.32. The van der Waals surface area contributed by atoms with Crippen LogP contribution < -0.4 is 9.64 Å². The largest absolute Gasteiger partial charge is 0.489 e. The number of anilines is 1. The molecule has 0 unspecified atom stereocenters. The molecule has 1 fully saturated rings. The molecular weight excluding hydrogens is 422 g/mol. The van der Waals surface area contributed by atoms with Crippen LogP contribution in [0.4, 0.5) is 5.69 Å². The summed E-state index contributed by atoms with van der Waals surface area (Å²) in [7, 11) is 1.30. The summed E-state index contributed by atoms with van der Waals surface area (Å²) >= 11 is 6.16. The monoisotopic (exact) mass is 441 g/mol. The Kier molecular flexibility index (Phi) is 4.77. The second kappa shape index (κ2) is 7.49. The molecule has 160 valence electrons. The Morgan fingerprint density at radius 1 is 1.32 bits per heavy atom. The van der Waals surface area contributed by atoms with Crippen LogP contribution in [0.3, 0.4) is 0 Å². The van der Waals surface area contributed by atoms with Crippen LogP contribution in [0.5, 0.6) is 5.75 Å². The normalized spacial score (nSPS) is 22.7.